The zero-order valence-electron chi connectivity index (χ0n) is 10.2. The first-order valence-electron chi connectivity index (χ1n) is 5.87. The number of likely N-dealkylation sites (tertiary alicyclic amines) is 1. The Bertz CT molecular complexity index is 435. The summed E-state index contributed by atoms with van der Waals surface area (Å²) >= 11 is 0. The quantitative estimate of drug-likeness (QED) is 0.792. The van der Waals surface area contributed by atoms with E-state index in [-0.39, 0.29) is 5.91 Å². The zero-order valence-corrected chi connectivity index (χ0v) is 10.2. The van der Waals surface area contributed by atoms with E-state index >= 15 is 0 Å². The standard InChI is InChI=1S/C11H16N4O3/c1-8(16)15-4-2-11(3-5-15,10(17)18)6-9-7-12-14-13-9/h7H,2-6H2,1H3,(H,17,18)(H,12,13,14). The van der Waals surface area contributed by atoms with E-state index in [1.54, 1.807) is 11.1 Å². The molecule has 1 aromatic heterocycles. The minimum atomic E-state index is -0.831. The van der Waals surface area contributed by atoms with Crippen molar-refractivity contribution in [1.82, 2.24) is 20.3 Å². The van der Waals surface area contributed by atoms with Crippen LogP contribution in [0.25, 0.3) is 0 Å². The third-order valence-electron chi connectivity index (χ3n) is 3.60. The summed E-state index contributed by atoms with van der Waals surface area (Å²) in [5.41, 5.74) is -0.184. The van der Waals surface area contributed by atoms with E-state index in [2.05, 4.69) is 15.4 Å². The van der Waals surface area contributed by atoms with Gasteiger partial charge in [-0.25, -0.2) is 0 Å². The minimum Gasteiger partial charge on any atom is -0.481 e. The van der Waals surface area contributed by atoms with Gasteiger partial charge < -0.3 is 10.0 Å². The highest BCUT2D eigenvalue weighted by atomic mass is 16.4. The molecule has 2 rings (SSSR count). The Kier molecular flexibility index (Phi) is 3.31. The lowest BCUT2D eigenvalue weighted by atomic mass is 9.75. The number of H-pyrrole nitrogens is 1. The van der Waals surface area contributed by atoms with Crippen LogP contribution < -0.4 is 0 Å². The Balaban J connectivity index is 2.10. The molecule has 0 aromatic carbocycles. The van der Waals surface area contributed by atoms with Crippen LogP contribution in [0.5, 0.6) is 0 Å². The van der Waals surface area contributed by atoms with Crippen molar-refractivity contribution in [2.75, 3.05) is 13.1 Å². The Morgan fingerprint density at radius 2 is 2.17 bits per heavy atom. The lowest BCUT2D eigenvalue weighted by Crippen LogP contribution is -2.47. The normalized spacial score (nSPS) is 18.6. The highest BCUT2D eigenvalue weighted by molar-refractivity contribution is 5.77. The molecular formula is C11H16N4O3. The molecule has 1 aromatic rings. The predicted octanol–water partition coefficient (Wildman–Crippen LogP) is 0.0605. The third-order valence-corrected chi connectivity index (χ3v) is 3.60. The van der Waals surface area contributed by atoms with Crippen LogP contribution >= 0.6 is 0 Å². The molecule has 0 spiro atoms. The monoisotopic (exact) mass is 252 g/mol. The molecular weight excluding hydrogens is 236 g/mol. The topological polar surface area (TPSA) is 99.2 Å². The first kappa shape index (κ1) is 12.5. The van der Waals surface area contributed by atoms with E-state index in [4.69, 9.17) is 0 Å². The molecule has 2 heterocycles. The number of carbonyl (C=O) groups is 2. The van der Waals surface area contributed by atoms with Crippen LogP contribution in [0.3, 0.4) is 0 Å². The zero-order chi connectivity index (χ0) is 13.2. The molecule has 0 aliphatic carbocycles. The molecule has 1 aliphatic heterocycles. The van der Waals surface area contributed by atoms with E-state index in [1.807, 2.05) is 0 Å². The molecule has 0 saturated carbocycles. The van der Waals surface area contributed by atoms with Gasteiger partial charge in [-0.3, -0.25) is 9.59 Å². The van der Waals surface area contributed by atoms with E-state index < -0.39 is 11.4 Å². The van der Waals surface area contributed by atoms with Gasteiger partial charge >= 0.3 is 5.97 Å². The summed E-state index contributed by atoms with van der Waals surface area (Å²) in [5, 5.41) is 19.5. The number of carboxylic acid groups (broad SMARTS) is 1. The highest BCUT2D eigenvalue weighted by Crippen LogP contribution is 2.35. The van der Waals surface area contributed by atoms with Crippen molar-refractivity contribution >= 4 is 11.9 Å². The molecule has 1 aliphatic rings. The molecule has 1 fully saturated rings. The molecule has 98 valence electrons. The van der Waals surface area contributed by atoms with Crippen LogP contribution in [0.2, 0.25) is 0 Å². The van der Waals surface area contributed by atoms with Crippen LogP contribution in [-0.4, -0.2) is 50.4 Å². The summed E-state index contributed by atoms with van der Waals surface area (Å²) in [7, 11) is 0. The Hall–Kier alpha value is -1.92. The molecule has 7 nitrogen and oxygen atoms in total. The van der Waals surface area contributed by atoms with Gasteiger partial charge in [-0.1, -0.05) is 0 Å². The van der Waals surface area contributed by atoms with Gasteiger partial charge in [-0.05, 0) is 12.8 Å². The second-order valence-electron chi connectivity index (χ2n) is 4.73. The van der Waals surface area contributed by atoms with Crippen molar-refractivity contribution < 1.29 is 14.7 Å². The predicted molar refractivity (Wildman–Crippen MR) is 61.6 cm³/mol. The Morgan fingerprint density at radius 1 is 1.50 bits per heavy atom. The van der Waals surface area contributed by atoms with Crippen LogP contribution in [-0.2, 0) is 16.0 Å². The number of carbonyl (C=O) groups excluding carboxylic acids is 1. The maximum atomic E-state index is 11.5. The van der Waals surface area contributed by atoms with Crippen LogP contribution in [0, 0.1) is 5.41 Å². The average molecular weight is 252 g/mol. The van der Waals surface area contributed by atoms with Crippen LogP contribution in [0.1, 0.15) is 25.5 Å². The van der Waals surface area contributed by atoms with E-state index in [1.165, 1.54) is 6.92 Å². The summed E-state index contributed by atoms with van der Waals surface area (Å²) in [5.74, 6) is -0.830. The Labute approximate surface area is 104 Å². The third kappa shape index (κ3) is 2.34. The van der Waals surface area contributed by atoms with Crippen LogP contribution in [0.4, 0.5) is 0 Å². The van der Waals surface area contributed by atoms with Crippen molar-refractivity contribution in [3.63, 3.8) is 0 Å². The van der Waals surface area contributed by atoms with Crippen molar-refractivity contribution in [2.24, 2.45) is 5.41 Å². The van der Waals surface area contributed by atoms with Gasteiger partial charge in [0, 0.05) is 26.4 Å². The van der Waals surface area contributed by atoms with E-state index in [0.717, 1.165) is 0 Å². The molecule has 0 bridgehead atoms. The first-order valence-corrected chi connectivity index (χ1v) is 5.87. The molecule has 1 saturated heterocycles. The number of carboxylic acids is 1. The maximum absolute atomic E-state index is 11.5. The second kappa shape index (κ2) is 4.75. The fourth-order valence-electron chi connectivity index (χ4n) is 2.37. The number of aromatic nitrogens is 3. The number of amides is 1. The Morgan fingerprint density at radius 3 is 2.61 bits per heavy atom. The molecule has 18 heavy (non-hydrogen) atoms. The lowest BCUT2D eigenvalue weighted by molar-refractivity contribution is -0.154. The lowest BCUT2D eigenvalue weighted by Gasteiger charge is -2.38. The van der Waals surface area contributed by atoms with Gasteiger partial charge in [0.05, 0.1) is 17.3 Å². The maximum Gasteiger partial charge on any atom is 0.310 e. The summed E-state index contributed by atoms with van der Waals surface area (Å²) in [6.07, 6.45) is 2.80. The number of piperidine rings is 1. The van der Waals surface area contributed by atoms with Gasteiger partial charge in [0.2, 0.25) is 5.91 Å². The number of nitrogens with one attached hydrogen (secondary N) is 1. The number of hydrogen-bond acceptors (Lipinski definition) is 4. The summed E-state index contributed by atoms with van der Waals surface area (Å²) in [6, 6.07) is 0. The minimum absolute atomic E-state index is 0.00424. The summed E-state index contributed by atoms with van der Waals surface area (Å²) in [6.45, 7) is 2.48. The number of aliphatic carboxylic acids is 1. The fraction of sp³-hybridized carbons (Fsp3) is 0.636. The number of nitrogens with zero attached hydrogens (tertiary/aromatic N) is 3. The van der Waals surface area contributed by atoms with Gasteiger partial charge in [-0.15, -0.1) is 0 Å². The molecule has 2 N–H and O–H groups in total. The largest absolute Gasteiger partial charge is 0.481 e. The highest BCUT2D eigenvalue weighted by Gasteiger charge is 2.42. The smallest absolute Gasteiger partial charge is 0.310 e. The molecule has 0 atom stereocenters. The molecule has 1 amide bonds. The van der Waals surface area contributed by atoms with Gasteiger partial charge in [0.1, 0.15) is 0 Å². The van der Waals surface area contributed by atoms with Gasteiger partial charge in [-0.2, -0.15) is 15.4 Å². The van der Waals surface area contributed by atoms with E-state index in [9.17, 15) is 14.7 Å². The fourth-order valence-corrected chi connectivity index (χ4v) is 2.37. The van der Waals surface area contributed by atoms with Crippen molar-refractivity contribution in [1.29, 1.82) is 0 Å². The molecule has 0 unspecified atom stereocenters. The SMILES string of the molecule is CC(=O)N1CCC(Cc2cn[nH]n2)(C(=O)O)CC1. The number of rotatable bonds is 3. The average Bonchev–Trinajstić information content (AvgIpc) is 2.82. The van der Waals surface area contributed by atoms with E-state index in [0.29, 0.717) is 38.0 Å². The second-order valence-corrected chi connectivity index (χ2v) is 4.73. The summed E-state index contributed by atoms with van der Waals surface area (Å²) < 4.78 is 0. The van der Waals surface area contributed by atoms with Crippen molar-refractivity contribution in [2.45, 2.75) is 26.2 Å². The van der Waals surface area contributed by atoms with Crippen LogP contribution in [0.15, 0.2) is 6.20 Å². The number of hydrogen-bond donors (Lipinski definition) is 2. The van der Waals surface area contributed by atoms with Gasteiger partial charge in [0.15, 0.2) is 0 Å². The van der Waals surface area contributed by atoms with Crippen molar-refractivity contribution in [3.05, 3.63) is 11.9 Å². The first-order chi connectivity index (χ1) is 8.53. The molecule has 7 heteroatoms. The summed E-state index contributed by atoms with van der Waals surface area (Å²) in [4.78, 5) is 24.4. The van der Waals surface area contributed by atoms with Crippen molar-refractivity contribution in [3.8, 4) is 0 Å². The number of aromatic amines is 1. The van der Waals surface area contributed by atoms with Gasteiger partial charge in [0.25, 0.3) is 0 Å². The molecule has 0 radical (unpaired) electrons.